The average molecular weight is 285 g/mol. The SMILES string of the molecule is COCCCN(CCOC)C(=O)c1cc(C(=O)O)co1. The molecule has 1 aromatic rings. The number of carbonyl (C=O) groups is 2. The summed E-state index contributed by atoms with van der Waals surface area (Å²) in [6.07, 6.45) is 1.73. The maximum absolute atomic E-state index is 12.2. The molecule has 1 aromatic heterocycles. The second-order valence-electron chi connectivity index (χ2n) is 4.14. The Kier molecular flexibility index (Phi) is 6.75. The number of carbonyl (C=O) groups excluding carboxylic acids is 1. The summed E-state index contributed by atoms with van der Waals surface area (Å²) in [4.78, 5) is 24.5. The summed E-state index contributed by atoms with van der Waals surface area (Å²) in [6.45, 7) is 1.82. The predicted octanol–water partition coefficient (Wildman–Crippen LogP) is 1.10. The van der Waals surface area contributed by atoms with Crippen LogP contribution >= 0.6 is 0 Å². The number of amides is 1. The van der Waals surface area contributed by atoms with E-state index in [1.54, 1.807) is 19.1 Å². The molecule has 0 saturated carbocycles. The molecule has 0 aliphatic heterocycles. The quantitative estimate of drug-likeness (QED) is 0.683. The lowest BCUT2D eigenvalue weighted by molar-refractivity contribution is 0.0642. The van der Waals surface area contributed by atoms with Crippen LogP contribution in [0, 0.1) is 0 Å². The van der Waals surface area contributed by atoms with Gasteiger partial charge in [0.05, 0.1) is 12.2 Å². The lowest BCUT2D eigenvalue weighted by atomic mass is 10.3. The van der Waals surface area contributed by atoms with Gasteiger partial charge < -0.3 is 23.9 Å². The molecule has 0 unspecified atom stereocenters. The molecule has 0 saturated heterocycles. The van der Waals surface area contributed by atoms with Crippen molar-refractivity contribution in [2.75, 3.05) is 40.5 Å². The zero-order valence-electron chi connectivity index (χ0n) is 11.6. The zero-order chi connectivity index (χ0) is 15.0. The smallest absolute Gasteiger partial charge is 0.338 e. The van der Waals surface area contributed by atoms with Crippen molar-refractivity contribution in [2.24, 2.45) is 0 Å². The number of hydrogen-bond donors (Lipinski definition) is 1. The van der Waals surface area contributed by atoms with Crippen molar-refractivity contribution in [3.05, 3.63) is 23.7 Å². The lowest BCUT2D eigenvalue weighted by Gasteiger charge is -2.21. The highest BCUT2D eigenvalue weighted by molar-refractivity contribution is 5.95. The largest absolute Gasteiger partial charge is 0.478 e. The van der Waals surface area contributed by atoms with E-state index in [0.29, 0.717) is 32.7 Å². The third-order valence-electron chi connectivity index (χ3n) is 2.69. The van der Waals surface area contributed by atoms with Crippen LogP contribution in [0.25, 0.3) is 0 Å². The van der Waals surface area contributed by atoms with E-state index in [2.05, 4.69) is 0 Å². The van der Waals surface area contributed by atoms with Crippen LogP contribution in [0.2, 0.25) is 0 Å². The van der Waals surface area contributed by atoms with Gasteiger partial charge in [0.2, 0.25) is 0 Å². The van der Waals surface area contributed by atoms with Crippen molar-refractivity contribution in [3.8, 4) is 0 Å². The van der Waals surface area contributed by atoms with Crippen molar-refractivity contribution < 1.29 is 28.6 Å². The fraction of sp³-hybridized carbons (Fsp3) is 0.538. The molecule has 0 aliphatic carbocycles. The van der Waals surface area contributed by atoms with E-state index in [0.717, 1.165) is 6.26 Å². The van der Waals surface area contributed by atoms with Crippen LogP contribution in [0.15, 0.2) is 16.7 Å². The number of methoxy groups -OCH3 is 2. The standard InChI is InChI=1S/C13H19NO6/c1-18-6-3-4-14(5-7-19-2)12(15)11-8-10(9-20-11)13(16)17/h8-9H,3-7H2,1-2H3,(H,16,17). The van der Waals surface area contributed by atoms with Crippen LogP contribution in [-0.2, 0) is 9.47 Å². The first-order chi connectivity index (χ1) is 9.60. The minimum atomic E-state index is -1.13. The molecular weight excluding hydrogens is 266 g/mol. The van der Waals surface area contributed by atoms with Crippen LogP contribution in [0.3, 0.4) is 0 Å². The summed E-state index contributed by atoms with van der Waals surface area (Å²) in [7, 11) is 3.14. The lowest BCUT2D eigenvalue weighted by Crippen LogP contribution is -2.35. The van der Waals surface area contributed by atoms with E-state index in [1.165, 1.54) is 6.07 Å². The number of ether oxygens (including phenoxy) is 2. The van der Waals surface area contributed by atoms with Gasteiger partial charge in [0.1, 0.15) is 6.26 Å². The Hall–Kier alpha value is -1.86. The van der Waals surface area contributed by atoms with Crippen molar-refractivity contribution in [2.45, 2.75) is 6.42 Å². The molecule has 1 N–H and O–H groups in total. The first-order valence-corrected chi connectivity index (χ1v) is 6.19. The number of aromatic carboxylic acids is 1. The molecule has 112 valence electrons. The predicted molar refractivity (Wildman–Crippen MR) is 69.9 cm³/mol. The molecule has 0 radical (unpaired) electrons. The second-order valence-corrected chi connectivity index (χ2v) is 4.14. The minimum absolute atomic E-state index is 0.0101. The van der Waals surface area contributed by atoms with E-state index in [9.17, 15) is 9.59 Å². The van der Waals surface area contributed by atoms with Crippen LogP contribution < -0.4 is 0 Å². The molecule has 0 bridgehead atoms. The Morgan fingerprint density at radius 3 is 2.50 bits per heavy atom. The van der Waals surface area contributed by atoms with E-state index in [-0.39, 0.29) is 17.2 Å². The van der Waals surface area contributed by atoms with Gasteiger partial charge in [-0.3, -0.25) is 4.79 Å². The van der Waals surface area contributed by atoms with Gasteiger partial charge in [0, 0.05) is 40.0 Å². The molecule has 0 atom stereocenters. The van der Waals surface area contributed by atoms with E-state index < -0.39 is 5.97 Å². The van der Waals surface area contributed by atoms with Crippen LogP contribution in [-0.4, -0.2) is 62.4 Å². The molecule has 0 aliphatic rings. The molecular formula is C13H19NO6. The molecule has 7 nitrogen and oxygen atoms in total. The van der Waals surface area contributed by atoms with Gasteiger partial charge in [0.15, 0.2) is 5.76 Å². The second kappa shape index (κ2) is 8.34. The number of carboxylic acids is 1. The minimum Gasteiger partial charge on any atom is -0.478 e. The van der Waals surface area contributed by atoms with Crippen molar-refractivity contribution in [1.82, 2.24) is 4.90 Å². The first kappa shape index (κ1) is 16.2. The van der Waals surface area contributed by atoms with Crippen molar-refractivity contribution in [3.63, 3.8) is 0 Å². The number of furan rings is 1. The summed E-state index contributed by atoms with van der Waals surface area (Å²) in [6, 6.07) is 1.22. The van der Waals surface area contributed by atoms with Gasteiger partial charge in [-0.15, -0.1) is 0 Å². The first-order valence-electron chi connectivity index (χ1n) is 6.19. The van der Waals surface area contributed by atoms with Crippen LogP contribution in [0.1, 0.15) is 27.3 Å². The normalized spacial score (nSPS) is 10.5. The summed E-state index contributed by atoms with van der Waals surface area (Å²) in [5, 5.41) is 8.81. The Morgan fingerprint density at radius 1 is 1.25 bits per heavy atom. The van der Waals surface area contributed by atoms with E-state index >= 15 is 0 Å². The third kappa shape index (κ3) is 4.67. The number of hydrogen-bond acceptors (Lipinski definition) is 5. The number of rotatable bonds is 9. The average Bonchev–Trinajstić information content (AvgIpc) is 2.92. The van der Waals surface area contributed by atoms with E-state index in [1.807, 2.05) is 0 Å². The van der Waals surface area contributed by atoms with Gasteiger partial charge in [-0.1, -0.05) is 0 Å². The molecule has 7 heteroatoms. The summed E-state index contributed by atoms with van der Waals surface area (Å²) < 4.78 is 14.9. The monoisotopic (exact) mass is 285 g/mol. The van der Waals surface area contributed by atoms with Gasteiger partial charge in [0.25, 0.3) is 5.91 Å². The molecule has 0 spiro atoms. The maximum Gasteiger partial charge on any atom is 0.338 e. The number of nitrogens with zero attached hydrogens (tertiary/aromatic N) is 1. The van der Waals surface area contributed by atoms with Gasteiger partial charge >= 0.3 is 5.97 Å². The fourth-order valence-corrected chi connectivity index (χ4v) is 1.63. The van der Waals surface area contributed by atoms with Crippen LogP contribution in [0.4, 0.5) is 0 Å². The maximum atomic E-state index is 12.2. The Labute approximate surface area is 117 Å². The summed E-state index contributed by atoms with van der Waals surface area (Å²) in [5.41, 5.74) is -0.0445. The third-order valence-corrected chi connectivity index (χ3v) is 2.69. The molecule has 1 rings (SSSR count). The molecule has 0 aromatic carbocycles. The zero-order valence-corrected chi connectivity index (χ0v) is 11.6. The molecule has 0 fully saturated rings. The number of carboxylic acid groups (broad SMARTS) is 1. The van der Waals surface area contributed by atoms with Gasteiger partial charge in [-0.05, 0) is 6.42 Å². The van der Waals surface area contributed by atoms with Crippen molar-refractivity contribution in [1.29, 1.82) is 0 Å². The summed E-state index contributed by atoms with van der Waals surface area (Å²) in [5.74, 6) is -1.47. The topological polar surface area (TPSA) is 89.2 Å². The molecule has 1 amide bonds. The van der Waals surface area contributed by atoms with E-state index in [4.69, 9.17) is 19.0 Å². The Morgan fingerprint density at radius 2 is 1.95 bits per heavy atom. The van der Waals surface area contributed by atoms with Gasteiger partial charge in [-0.2, -0.15) is 0 Å². The fourth-order valence-electron chi connectivity index (χ4n) is 1.63. The summed E-state index contributed by atoms with van der Waals surface area (Å²) >= 11 is 0. The molecule has 20 heavy (non-hydrogen) atoms. The highest BCUT2D eigenvalue weighted by Crippen LogP contribution is 2.11. The van der Waals surface area contributed by atoms with Crippen molar-refractivity contribution >= 4 is 11.9 Å². The highest BCUT2D eigenvalue weighted by atomic mass is 16.5. The highest BCUT2D eigenvalue weighted by Gasteiger charge is 2.20. The Balaban J connectivity index is 2.71. The van der Waals surface area contributed by atoms with Crippen LogP contribution in [0.5, 0.6) is 0 Å². The molecule has 1 heterocycles. The van der Waals surface area contributed by atoms with Gasteiger partial charge in [-0.25, -0.2) is 4.79 Å². The Bertz CT molecular complexity index is 442.